The van der Waals surface area contributed by atoms with Crippen LogP contribution >= 0.6 is 0 Å². The van der Waals surface area contributed by atoms with Gasteiger partial charge < -0.3 is 9.88 Å². The fraction of sp³-hybridized carbons (Fsp3) is 0.368. The number of pyridine rings is 1. The van der Waals surface area contributed by atoms with Gasteiger partial charge in [-0.25, -0.2) is 19.9 Å². The Morgan fingerprint density at radius 2 is 2.00 bits per heavy atom. The zero-order valence-electron chi connectivity index (χ0n) is 14.9. The van der Waals surface area contributed by atoms with E-state index in [-0.39, 0.29) is 0 Å². The van der Waals surface area contributed by atoms with Gasteiger partial charge in [-0.3, -0.25) is 4.90 Å². The lowest BCUT2D eigenvalue weighted by atomic mass is 9.91. The molecule has 0 aromatic carbocycles. The lowest BCUT2D eigenvalue weighted by Gasteiger charge is -2.32. The molecule has 26 heavy (non-hydrogen) atoms. The van der Waals surface area contributed by atoms with Crippen molar-refractivity contribution in [3.05, 3.63) is 60.6 Å². The molecule has 1 aliphatic rings. The van der Waals surface area contributed by atoms with E-state index in [2.05, 4.69) is 53.9 Å². The van der Waals surface area contributed by atoms with Crippen LogP contribution in [0.25, 0.3) is 0 Å². The molecule has 7 heteroatoms. The largest absolute Gasteiger partial charge is 0.337 e. The summed E-state index contributed by atoms with van der Waals surface area (Å²) in [6, 6.07) is 6.03. The third-order valence-corrected chi connectivity index (χ3v) is 4.85. The van der Waals surface area contributed by atoms with Crippen LogP contribution in [-0.4, -0.2) is 42.5 Å². The van der Waals surface area contributed by atoms with Gasteiger partial charge in [0.05, 0.1) is 6.54 Å². The molecule has 0 aliphatic carbocycles. The van der Waals surface area contributed by atoms with Crippen molar-refractivity contribution in [1.29, 1.82) is 0 Å². The molecule has 1 unspecified atom stereocenters. The lowest BCUT2D eigenvalue weighted by Crippen LogP contribution is -2.34. The molecule has 3 aromatic rings. The highest BCUT2D eigenvalue weighted by Crippen LogP contribution is 2.28. The van der Waals surface area contributed by atoms with E-state index in [4.69, 9.17) is 0 Å². The summed E-state index contributed by atoms with van der Waals surface area (Å²) in [6.45, 7) is 3.06. The molecule has 7 nitrogen and oxygen atoms in total. The van der Waals surface area contributed by atoms with Gasteiger partial charge >= 0.3 is 0 Å². The molecule has 0 saturated carbocycles. The Balaban J connectivity index is 1.45. The number of likely N-dealkylation sites (tertiary alicyclic amines) is 1. The Labute approximate surface area is 153 Å². The molecular weight excluding hydrogens is 326 g/mol. The lowest BCUT2D eigenvalue weighted by molar-refractivity contribution is 0.194. The number of nitrogens with one attached hydrogen (secondary N) is 1. The molecule has 1 saturated heterocycles. The van der Waals surface area contributed by atoms with Gasteiger partial charge in [-0.2, -0.15) is 0 Å². The topological polar surface area (TPSA) is 71.8 Å². The first kappa shape index (κ1) is 16.7. The Kier molecular flexibility index (Phi) is 4.88. The molecule has 3 aromatic heterocycles. The summed E-state index contributed by atoms with van der Waals surface area (Å²) in [5, 5.41) is 3.18. The predicted molar refractivity (Wildman–Crippen MR) is 100 cm³/mol. The van der Waals surface area contributed by atoms with Crippen LogP contribution in [0.15, 0.2) is 49.2 Å². The van der Waals surface area contributed by atoms with Crippen LogP contribution in [0.2, 0.25) is 0 Å². The number of aryl methyl sites for hydroxylation is 1. The van der Waals surface area contributed by atoms with Crippen molar-refractivity contribution in [2.24, 2.45) is 7.05 Å². The van der Waals surface area contributed by atoms with Gasteiger partial charge in [0, 0.05) is 44.6 Å². The van der Waals surface area contributed by atoms with E-state index in [1.165, 1.54) is 18.4 Å². The van der Waals surface area contributed by atoms with Gasteiger partial charge in [0.1, 0.15) is 11.6 Å². The van der Waals surface area contributed by atoms with Gasteiger partial charge in [0.25, 0.3) is 0 Å². The van der Waals surface area contributed by atoms with Crippen molar-refractivity contribution >= 4 is 11.8 Å². The number of anilines is 2. The molecule has 0 radical (unpaired) electrons. The Hall–Kier alpha value is -2.80. The average molecular weight is 349 g/mol. The number of imidazole rings is 1. The van der Waals surface area contributed by atoms with E-state index in [0.717, 1.165) is 31.3 Å². The highest BCUT2D eigenvalue weighted by molar-refractivity contribution is 5.48. The number of hydrogen-bond donors (Lipinski definition) is 1. The molecule has 1 fully saturated rings. The van der Waals surface area contributed by atoms with Crippen LogP contribution < -0.4 is 5.32 Å². The van der Waals surface area contributed by atoms with E-state index < -0.39 is 0 Å². The standard InChI is InChI=1S/C19H23N7/c1-25-11-9-21-18(25)14-26-10-2-4-16(13-26)15-5-8-20-17(12-15)24-19-22-6-3-7-23-19/h3,5-9,11-12,16H,2,4,10,13-14H2,1H3,(H,20,22,23,24). The van der Waals surface area contributed by atoms with Crippen molar-refractivity contribution < 1.29 is 0 Å². The van der Waals surface area contributed by atoms with Gasteiger partial charge in [-0.1, -0.05) is 0 Å². The molecule has 1 N–H and O–H groups in total. The third-order valence-electron chi connectivity index (χ3n) is 4.85. The molecule has 0 bridgehead atoms. The van der Waals surface area contributed by atoms with Gasteiger partial charge in [-0.15, -0.1) is 0 Å². The van der Waals surface area contributed by atoms with Crippen molar-refractivity contribution in [3.63, 3.8) is 0 Å². The van der Waals surface area contributed by atoms with Gasteiger partial charge in [-0.05, 0) is 49.1 Å². The summed E-state index contributed by atoms with van der Waals surface area (Å²) in [5.41, 5.74) is 1.31. The number of hydrogen-bond acceptors (Lipinski definition) is 6. The fourth-order valence-corrected chi connectivity index (χ4v) is 3.47. The van der Waals surface area contributed by atoms with Crippen LogP contribution in [-0.2, 0) is 13.6 Å². The summed E-state index contributed by atoms with van der Waals surface area (Å²) in [4.78, 5) is 19.7. The number of rotatable bonds is 5. The number of piperidine rings is 1. The zero-order chi connectivity index (χ0) is 17.8. The monoisotopic (exact) mass is 349 g/mol. The van der Waals surface area contributed by atoms with Crippen molar-refractivity contribution in [3.8, 4) is 0 Å². The van der Waals surface area contributed by atoms with E-state index in [1.807, 2.05) is 18.6 Å². The molecule has 134 valence electrons. The summed E-state index contributed by atoms with van der Waals surface area (Å²) in [5.74, 6) is 2.97. The second-order valence-electron chi connectivity index (χ2n) is 6.70. The zero-order valence-corrected chi connectivity index (χ0v) is 14.9. The van der Waals surface area contributed by atoms with Crippen molar-refractivity contribution in [1.82, 2.24) is 29.4 Å². The van der Waals surface area contributed by atoms with Gasteiger partial charge in [0.2, 0.25) is 5.95 Å². The minimum Gasteiger partial charge on any atom is -0.337 e. The Morgan fingerprint density at radius 1 is 1.12 bits per heavy atom. The minimum absolute atomic E-state index is 0.504. The maximum Gasteiger partial charge on any atom is 0.228 e. The van der Waals surface area contributed by atoms with E-state index in [1.54, 1.807) is 18.5 Å². The minimum atomic E-state index is 0.504. The molecule has 0 amide bonds. The van der Waals surface area contributed by atoms with Crippen LogP contribution in [0.3, 0.4) is 0 Å². The number of aromatic nitrogens is 5. The quantitative estimate of drug-likeness (QED) is 0.764. The summed E-state index contributed by atoms with van der Waals surface area (Å²) >= 11 is 0. The smallest absolute Gasteiger partial charge is 0.228 e. The Bertz CT molecular complexity index is 846. The van der Waals surface area contributed by atoms with E-state index in [0.29, 0.717) is 11.9 Å². The average Bonchev–Trinajstić information content (AvgIpc) is 3.08. The Morgan fingerprint density at radius 3 is 2.81 bits per heavy atom. The summed E-state index contributed by atoms with van der Waals surface area (Å²) in [7, 11) is 2.05. The second kappa shape index (κ2) is 7.61. The highest BCUT2D eigenvalue weighted by atomic mass is 15.2. The van der Waals surface area contributed by atoms with E-state index >= 15 is 0 Å². The molecule has 0 spiro atoms. The van der Waals surface area contributed by atoms with Crippen molar-refractivity contribution in [2.45, 2.75) is 25.3 Å². The maximum atomic E-state index is 4.46. The second-order valence-corrected chi connectivity index (χ2v) is 6.70. The molecule has 4 rings (SSSR count). The van der Waals surface area contributed by atoms with Crippen LogP contribution in [0, 0.1) is 0 Å². The maximum absolute atomic E-state index is 4.46. The SMILES string of the molecule is Cn1ccnc1CN1CCCC(c2ccnc(Nc3ncccn3)c2)C1. The van der Waals surface area contributed by atoms with E-state index in [9.17, 15) is 0 Å². The predicted octanol–water partition coefficient (Wildman–Crippen LogP) is 2.73. The fourth-order valence-electron chi connectivity index (χ4n) is 3.47. The van der Waals surface area contributed by atoms with Crippen LogP contribution in [0.4, 0.5) is 11.8 Å². The summed E-state index contributed by atoms with van der Waals surface area (Å²) in [6.07, 6.45) is 11.6. The molecule has 1 aliphatic heterocycles. The summed E-state index contributed by atoms with van der Waals surface area (Å²) < 4.78 is 2.10. The first-order chi connectivity index (χ1) is 12.8. The molecule has 1 atom stereocenters. The third kappa shape index (κ3) is 3.88. The van der Waals surface area contributed by atoms with Crippen LogP contribution in [0.1, 0.15) is 30.1 Å². The van der Waals surface area contributed by atoms with Crippen LogP contribution in [0.5, 0.6) is 0 Å². The normalized spacial score (nSPS) is 18.0. The van der Waals surface area contributed by atoms with Crippen molar-refractivity contribution in [2.75, 3.05) is 18.4 Å². The first-order valence-electron chi connectivity index (χ1n) is 8.96. The highest BCUT2D eigenvalue weighted by Gasteiger charge is 2.22. The molecule has 4 heterocycles. The molecular formula is C19H23N7. The van der Waals surface area contributed by atoms with Gasteiger partial charge in [0.15, 0.2) is 0 Å². The first-order valence-corrected chi connectivity index (χ1v) is 8.96. The number of nitrogens with zero attached hydrogens (tertiary/aromatic N) is 6.